The van der Waals surface area contributed by atoms with Crippen molar-refractivity contribution in [3.8, 4) is 0 Å². The Morgan fingerprint density at radius 2 is 1.32 bits per heavy atom. The molecule has 4 unspecified atom stereocenters. The molecule has 8 N–H and O–H groups in total. The fraction of sp³-hybridized carbons (Fsp3) is 0.647. The summed E-state index contributed by atoms with van der Waals surface area (Å²) in [6, 6.07) is -5.26. The lowest BCUT2D eigenvalue weighted by molar-refractivity contribution is -0.144. The van der Waals surface area contributed by atoms with Crippen LogP contribution >= 0.6 is 11.8 Å². The molecule has 13 nitrogen and oxygen atoms in total. The van der Waals surface area contributed by atoms with Gasteiger partial charge in [-0.05, 0) is 31.8 Å². The van der Waals surface area contributed by atoms with E-state index < -0.39 is 72.6 Å². The topological polar surface area (TPSA) is 225 Å². The van der Waals surface area contributed by atoms with Crippen LogP contribution in [0.15, 0.2) is 0 Å². The molecule has 4 atom stereocenters. The lowest BCUT2D eigenvalue weighted by atomic mass is 10.1. The van der Waals surface area contributed by atoms with E-state index in [2.05, 4.69) is 16.0 Å². The van der Waals surface area contributed by atoms with Gasteiger partial charge in [-0.3, -0.25) is 24.0 Å². The third kappa shape index (κ3) is 11.8. The van der Waals surface area contributed by atoms with Crippen molar-refractivity contribution >= 4 is 47.4 Å². The van der Waals surface area contributed by atoms with Gasteiger partial charge in [0, 0.05) is 6.42 Å². The number of nitrogens with two attached hydrogens (primary N) is 1. The first-order valence-electron chi connectivity index (χ1n) is 9.21. The lowest BCUT2D eigenvalue weighted by Crippen LogP contribution is -2.57. The second-order valence-electron chi connectivity index (χ2n) is 6.62. The van der Waals surface area contributed by atoms with Crippen LogP contribution in [0.3, 0.4) is 0 Å². The molecule has 14 heteroatoms. The van der Waals surface area contributed by atoms with Gasteiger partial charge in [-0.25, -0.2) is 4.79 Å². The Morgan fingerprint density at radius 3 is 1.77 bits per heavy atom. The van der Waals surface area contributed by atoms with E-state index in [4.69, 9.17) is 15.9 Å². The van der Waals surface area contributed by atoms with Crippen LogP contribution in [-0.2, 0) is 28.8 Å². The van der Waals surface area contributed by atoms with Gasteiger partial charge in [0.05, 0.1) is 12.5 Å². The number of hydrogen-bond acceptors (Lipinski definition) is 8. The summed E-state index contributed by atoms with van der Waals surface area (Å²) in [7, 11) is 0. The molecule has 0 aromatic heterocycles. The van der Waals surface area contributed by atoms with Crippen molar-refractivity contribution in [3.63, 3.8) is 0 Å². The number of carboxylic acid groups (broad SMARTS) is 3. The highest BCUT2D eigenvalue weighted by Crippen LogP contribution is 2.05. The molecule has 0 radical (unpaired) electrons. The monoisotopic (exact) mass is 464 g/mol. The summed E-state index contributed by atoms with van der Waals surface area (Å²) in [6.07, 6.45) is 0.178. The normalized spacial score (nSPS) is 14.4. The molecule has 0 aliphatic rings. The van der Waals surface area contributed by atoms with Crippen molar-refractivity contribution in [3.05, 3.63) is 0 Å². The molecule has 0 aromatic carbocycles. The minimum atomic E-state index is -1.51. The molecule has 0 rings (SSSR count). The summed E-state index contributed by atoms with van der Waals surface area (Å²) in [5.41, 5.74) is 5.41. The quantitative estimate of drug-likeness (QED) is 0.140. The van der Waals surface area contributed by atoms with Crippen LogP contribution in [-0.4, -0.2) is 87.1 Å². The summed E-state index contributed by atoms with van der Waals surface area (Å²) in [5, 5.41) is 33.6. The average Bonchev–Trinajstić information content (AvgIpc) is 2.66. The van der Waals surface area contributed by atoms with Gasteiger partial charge >= 0.3 is 17.9 Å². The molecule has 3 amide bonds. The summed E-state index contributed by atoms with van der Waals surface area (Å²) in [4.78, 5) is 69.9. The van der Waals surface area contributed by atoms with E-state index in [0.717, 1.165) is 0 Å². The summed E-state index contributed by atoms with van der Waals surface area (Å²) in [5.74, 6) is -6.29. The van der Waals surface area contributed by atoms with E-state index in [0.29, 0.717) is 5.75 Å². The maximum Gasteiger partial charge on any atom is 0.326 e. The third-order valence-corrected chi connectivity index (χ3v) is 4.57. The van der Waals surface area contributed by atoms with Crippen LogP contribution in [0.4, 0.5) is 0 Å². The number of aliphatic carboxylic acids is 3. The summed E-state index contributed by atoms with van der Waals surface area (Å²) >= 11 is 1.34. The predicted molar refractivity (Wildman–Crippen MR) is 109 cm³/mol. The first-order chi connectivity index (χ1) is 14.4. The Bertz CT molecular complexity index is 687. The zero-order valence-corrected chi connectivity index (χ0v) is 17.9. The molecule has 0 aromatic rings. The van der Waals surface area contributed by atoms with Gasteiger partial charge in [-0.1, -0.05) is 0 Å². The fourth-order valence-corrected chi connectivity index (χ4v) is 2.73. The lowest BCUT2D eigenvalue weighted by Gasteiger charge is -2.24. The van der Waals surface area contributed by atoms with Gasteiger partial charge in [0.2, 0.25) is 17.7 Å². The minimum absolute atomic E-state index is 0.0744. The number of carbonyl (C=O) groups is 6. The molecular formula is C17H28N4O9S. The number of thioether (sulfide) groups is 1. The number of carbonyl (C=O) groups excluding carboxylic acids is 3. The molecule has 31 heavy (non-hydrogen) atoms. The average molecular weight is 464 g/mol. The van der Waals surface area contributed by atoms with Crippen molar-refractivity contribution in [2.75, 3.05) is 12.0 Å². The first kappa shape index (κ1) is 28.1. The second kappa shape index (κ2) is 14.2. The van der Waals surface area contributed by atoms with E-state index >= 15 is 0 Å². The number of amides is 3. The van der Waals surface area contributed by atoms with Crippen molar-refractivity contribution < 1.29 is 44.1 Å². The highest BCUT2D eigenvalue weighted by Gasteiger charge is 2.31. The Kier molecular flexibility index (Phi) is 12.9. The maximum absolute atomic E-state index is 12.5. The summed E-state index contributed by atoms with van der Waals surface area (Å²) < 4.78 is 0. The van der Waals surface area contributed by atoms with Crippen LogP contribution < -0.4 is 21.7 Å². The zero-order chi connectivity index (χ0) is 24.1. The van der Waals surface area contributed by atoms with Crippen LogP contribution in [0.1, 0.15) is 32.6 Å². The Hall–Kier alpha value is -2.87. The summed E-state index contributed by atoms with van der Waals surface area (Å²) in [6.45, 7) is 1.34. The second-order valence-corrected chi connectivity index (χ2v) is 7.61. The largest absolute Gasteiger partial charge is 0.481 e. The highest BCUT2D eigenvalue weighted by molar-refractivity contribution is 7.98. The minimum Gasteiger partial charge on any atom is -0.481 e. The number of hydrogen-bond donors (Lipinski definition) is 7. The van der Waals surface area contributed by atoms with E-state index in [1.807, 2.05) is 0 Å². The van der Waals surface area contributed by atoms with Crippen molar-refractivity contribution in [2.45, 2.75) is 56.8 Å². The zero-order valence-electron chi connectivity index (χ0n) is 17.1. The van der Waals surface area contributed by atoms with Crippen molar-refractivity contribution in [1.29, 1.82) is 0 Å². The molecule has 0 spiro atoms. The molecule has 176 valence electrons. The predicted octanol–water partition coefficient (Wildman–Crippen LogP) is -2.03. The number of nitrogens with one attached hydrogen (secondary N) is 3. The molecule has 0 aliphatic carbocycles. The van der Waals surface area contributed by atoms with Gasteiger partial charge in [0.15, 0.2) is 0 Å². The molecule has 0 saturated carbocycles. The van der Waals surface area contributed by atoms with Gasteiger partial charge in [-0.15, -0.1) is 0 Å². The highest BCUT2D eigenvalue weighted by atomic mass is 32.2. The first-order valence-corrected chi connectivity index (χ1v) is 10.6. The van der Waals surface area contributed by atoms with E-state index in [9.17, 15) is 33.9 Å². The number of carboxylic acids is 3. The molecule has 0 fully saturated rings. The molecule has 0 heterocycles. The van der Waals surface area contributed by atoms with E-state index in [1.165, 1.54) is 18.7 Å². The SMILES string of the molecule is CSCCC(NC(=O)C(CC(=O)O)NC(=O)C(C)N)C(=O)NC(CCC(=O)O)C(=O)O. The van der Waals surface area contributed by atoms with Crippen molar-refractivity contribution in [2.24, 2.45) is 5.73 Å². The van der Waals surface area contributed by atoms with Crippen LogP contribution in [0.25, 0.3) is 0 Å². The smallest absolute Gasteiger partial charge is 0.326 e. The maximum atomic E-state index is 12.5. The third-order valence-electron chi connectivity index (χ3n) is 3.93. The molecular weight excluding hydrogens is 436 g/mol. The van der Waals surface area contributed by atoms with Gasteiger partial charge < -0.3 is 37.0 Å². The Morgan fingerprint density at radius 1 is 0.806 bits per heavy atom. The van der Waals surface area contributed by atoms with Gasteiger partial charge in [0.25, 0.3) is 0 Å². The van der Waals surface area contributed by atoms with Crippen LogP contribution in [0.2, 0.25) is 0 Å². The molecule has 0 aliphatic heterocycles. The van der Waals surface area contributed by atoms with Gasteiger partial charge in [-0.2, -0.15) is 11.8 Å². The molecule has 0 saturated heterocycles. The number of rotatable bonds is 15. The van der Waals surface area contributed by atoms with E-state index in [-0.39, 0.29) is 12.8 Å². The Labute approximate surface area is 182 Å². The fourth-order valence-electron chi connectivity index (χ4n) is 2.26. The molecule has 0 bridgehead atoms. The van der Waals surface area contributed by atoms with Crippen LogP contribution in [0, 0.1) is 0 Å². The standard InChI is InChI=1S/C17H28N4O9S/c1-8(18)14(26)21-11(7-13(24)25)16(28)19-9(5-6-31-2)15(27)20-10(17(29)30)3-4-12(22)23/h8-11H,3-7,18H2,1-2H3,(H,19,28)(H,20,27)(H,21,26)(H,22,23)(H,24,25)(H,29,30). The Balaban J connectivity index is 5.39. The van der Waals surface area contributed by atoms with E-state index in [1.54, 1.807) is 6.26 Å². The van der Waals surface area contributed by atoms with Crippen LogP contribution in [0.5, 0.6) is 0 Å². The van der Waals surface area contributed by atoms with Gasteiger partial charge in [0.1, 0.15) is 18.1 Å². The van der Waals surface area contributed by atoms with Crippen molar-refractivity contribution in [1.82, 2.24) is 16.0 Å².